The molecular weight excluding hydrogens is 250 g/mol. The molecule has 1 aliphatic heterocycles. The van der Waals surface area contributed by atoms with Gasteiger partial charge in [-0.05, 0) is 38.5 Å². The molecule has 4 heteroatoms. The van der Waals surface area contributed by atoms with Gasteiger partial charge in [0.15, 0.2) is 0 Å². The van der Waals surface area contributed by atoms with Crippen molar-refractivity contribution in [1.82, 2.24) is 9.80 Å². The second kappa shape index (κ2) is 6.90. The molecule has 2 aliphatic rings. The fraction of sp³-hybridized carbons (Fsp3) is 0.938. The third-order valence-electron chi connectivity index (χ3n) is 5.32. The van der Waals surface area contributed by atoms with E-state index >= 15 is 0 Å². The lowest BCUT2D eigenvalue weighted by Crippen LogP contribution is -2.55. The number of piperazine rings is 1. The molecule has 20 heavy (non-hydrogen) atoms. The number of carbonyl (C=O) groups is 1. The fourth-order valence-corrected chi connectivity index (χ4v) is 3.56. The molecule has 4 unspecified atom stereocenters. The predicted molar refractivity (Wildman–Crippen MR) is 82.4 cm³/mol. The minimum Gasteiger partial charge on any atom is -0.340 e. The Balaban J connectivity index is 1.88. The van der Waals surface area contributed by atoms with Gasteiger partial charge in [-0.25, -0.2) is 0 Å². The van der Waals surface area contributed by atoms with Gasteiger partial charge in [-0.3, -0.25) is 9.69 Å². The Hall–Kier alpha value is -0.610. The Labute approximate surface area is 123 Å². The van der Waals surface area contributed by atoms with Crippen molar-refractivity contribution in [3.05, 3.63) is 0 Å². The molecule has 0 aromatic rings. The summed E-state index contributed by atoms with van der Waals surface area (Å²) in [5, 5.41) is 0. The summed E-state index contributed by atoms with van der Waals surface area (Å²) in [6.07, 6.45) is 4.34. The van der Waals surface area contributed by atoms with Gasteiger partial charge in [-0.15, -0.1) is 0 Å². The van der Waals surface area contributed by atoms with E-state index in [1.54, 1.807) is 0 Å². The maximum atomic E-state index is 12.7. The summed E-state index contributed by atoms with van der Waals surface area (Å²) < 4.78 is 0. The zero-order valence-electron chi connectivity index (χ0n) is 13.3. The van der Waals surface area contributed by atoms with E-state index in [-0.39, 0.29) is 12.0 Å². The van der Waals surface area contributed by atoms with Crippen LogP contribution in [0.4, 0.5) is 0 Å². The highest BCUT2D eigenvalue weighted by molar-refractivity contribution is 5.79. The van der Waals surface area contributed by atoms with Crippen LogP contribution in [0, 0.1) is 11.8 Å². The topological polar surface area (TPSA) is 49.6 Å². The van der Waals surface area contributed by atoms with Gasteiger partial charge in [0.1, 0.15) is 0 Å². The maximum Gasteiger partial charge on any atom is 0.227 e. The van der Waals surface area contributed by atoms with Crippen LogP contribution in [-0.4, -0.2) is 54.0 Å². The molecule has 0 aromatic heterocycles. The van der Waals surface area contributed by atoms with Gasteiger partial charge >= 0.3 is 0 Å². The lowest BCUT2D eigenvalue weighted by atomic mass is 9.78. The van der Waals surface area contributed by atoms with Crippen LogP contribution in [0.5, 0.6) is 0 Å². The van der Waals surface area contributed by atoms with E-state index in [1.807, 2.05) is 0 Å². The molecule has 0 spiro atoms. The molecule has 0 radical (unpaired) electrons. The van der Waals surface area contributed by atoms with E-state index in [2.05, 4.69) is 30.6 Å². The number of nitrogens with zero attached hydrogens (tertiary/aromatic N) is 2. The Kier molecular flexibility index (Phi) is 5.44. The minimum absolute atomic E-state index is 0.0638. The number of carbonyl (C=O) groups excluding carboxylic acids is 1. The molecule has 2 fully saturated rings. The number of hydrogen-bond acceptors (Lipinski definition) is 3. The quantitative estimate of drug-likeness (QED) is 0.856. The summed E-state index contributed by atoms with van der Waals surface area (Å²) in [5.41, 5.74) is 6.19. The first-order chi connectivity index (χ1) is 9.52. The second-order valence-corrected chi connectivity index (χ2v) is 6.81. The van der Waals surface area contributed by atoms with E-state index in [0.717, 1.165) is 39.0 Å². The lowest BCUT2D eigenvalue weighted by molar-refractivity contribution is -0.139. The molecule has 0 aromatic carbocycles. The van der Waals surface area contributed by atoms with Crippen molar-refractivity contribution in [2.24, 2.45) is 17.6 Å². The van der Waals surface area contributed by atoms with Crippen molar-refractivity contribution in [2.45, 2.75) is 58.5 Å². The zero-order chi connectivity index (χ0) is 14.7. The molecule has 4 nitrogen and oxygen atoms in total. The van der Waals surface area contributed by atoms with Crippen LogP contribution in [0.3, 0.4) is 0 Å². The van der Waals surface area contributed by atoms with Crippen LogP contribution in [0.25, 0.3) is 0 Å². The van der Waals surface area contributed by atoms with E-state index in [9.17, 15) is 4.79 Å². The third-order valence-corrected chi connectivity index (χ3v) is 5.32. The van der Waals surface area contributed by atoms with Crippen LogP contribution < -0.4 is 5.73 Å². The Morgan fingerprint density at radius 2 is 1.90 bits per heavy atom. The molecule has 1 saturated heterocycles. The number of amides is 1. The third kappa shape index (κ3) is 3.53. The van der Waals surface area contributed by atoms with Gasteiger partial charge < -0.3 is 10.6 Å². The second-order valence-electron chi connectivity index (χ2n) is 6.81. The van der Waals surface area contributed by atoms with E-state index in [0.29, 0.717) is 17.9 Å². The average Bonchev–Trinajstić information content (AvgIpc) is 2.48. The van der Waals surface area contributed by atoms with Crippen LogP contribution in [-0.2, 0) is 4.79 Å². The SMILES string of the molecule is CCC(C)N1CCN(C(=O)C2CC(C)CCC2N)CC1. The highest BCUT2D eigenvalue weighted by Gasteiger charge is 2.35. The molecule has 1 heterocycles. The molecule has 1 saturated carbocycles. The monoisotopic (exact) mass is 281 g/mol. The molecule has 2 N–H and O–H groups in total. The lowest BCUT2D eigenvalue weighted by Gasteiger charge is -2.41. The molecular formula is C16H31N3O. The summed E-state index contributed by atoms with van der Waals surface area (Å²) in [7, 11) is 0. The number of hydrogen-bond donors (Lipinski definition) is 1. The maximum absolute atomic E-state index is 12.7. The Morgan fingerprint density at radius 1 is 1.25 bits per heavy atom. The van der Waals surface area contributed by atoms with Crippen LogP contribution in [0.1, 0.15) is 46.5 Å². The van der Waals surface area contributed by atoms with Gasteiger partial charge in [0.05, 0.1) is 5.92 Å². The largest absolute Gasteiger partial charge is 0.340 e. The van der Waals surface area contributed by atoms with Crippen molar-refractivity contribution in [2.75, 3.05) is 26.2 Å². The zero-order valence-corrected chi connectivity index (χ0v) is 13.3. The average molecular weight is 281 g/mol. The van der Waals surface area contributed by atoms with Crippen molar-refractivity contribution in [3.63, 3.8) is 0 Å². The molecule has 0 bridgehead atoms. The van der Waals surface area contributed by atoms with Crippen molar-refractivity contribution >= 4 is 5.91 Å². The summed E-state index contributed by atoms with van der Waals surface area (Å²) in [4.78, 5) is 17.2. The normalized spacial score (nSPS) is 34.0. The molecule has 4 atom stereocenters. The van der Waals surface area contributed by atoms with Crippen molar-refractivity contribution in [1.29, 1.82) is 0 Å². The van der Waals surface area contributed by atoms with Gasteiger partial charge in [0.2, 0.25) is 5.91 Å². The van der Waals surface area contributed by atoms with Crippen LogP contribution in [0.15, 0.2) is 0 Å². The number of nitrogens with two attached hydrogens (primary N) is 1. The summed E-state index contributed by atoms with van der Waals surface area (Å²) in [5.74, 6) is 1.02. The van der Waals surface area contributed by atoms with Gasteiger partial charge in [-0.1, -0.05) is 13.8 Å². The van der Waals surface area contributed by atoms with Gasteiger partial charge in [0, 0.05) is 38.3 Å². The molecule has 2 rings (SSSR count). The first-order valence-electron chi connectivity index (χ1n) is 8.31. The predicted octanol–water partition coefficient (Wildman–Crippen LogP) is 1.69. The van der Waals surface area contributed by atoms with E-state index < -0.39 is 0 Å². The van der Waals surface area contributed by atoms with Gasteiger partial charge in [-0.2, -0.15) is 0 Å². The van der Waals surface area contributed by atoms with E-state index in [1.165, 1.54) is 12.8 Å². The number of rotatable bonds is 3. The fourth-order valence-electron chi connectivity index (χ4n) is 3.56. The van der Waals surface area contributed by atoms with Crippen molar-refractivity contribution < 1.29 is 4.79 Å². The van der Waals surface area contributed by atoms with Crippen LogP contribution in [0.2, 0.25) is 0 Å². The van der Waals surface area contributed by atoms with Crippen molar-refractivity contribution in [3.8, 4) is 0 Å². The Bertz CT molecular complexity index is 326. The molecule has 116 valence electrons. The van der Waals surface area contributed by atoms with E-state index in [4.69, 9.17) is 5.73 Å². The highest BCUT2D eigenvalue weighted by Crippen LogP contribution is 2.29. The summed E-state index contributed by atoms with van der Waals surface area (Å²) >= 11 is 0. The first-order valence-corrected chi connectivity index (χ1v) is 8.31. The smallest absolute Gasteiger partial charge is 0.227 e. The molecule has 1 aliphatic carbocycles. The summed E-state index contributed by atoms with van der Waals surface area (Å²) in [6.45, 7) is 10.5. The highest BCUT2D eigenvalue weighted by atomic mass is 16.2. The summed E-state index contributed by atoms with van der Waals surface area (Å²) in [6, 6.07) is 0.704. The minimum atomic E-state index is 0.0638. The van der Waals surface area contributed by atoms with Crippen LogP contribution >= 0.6 is 0 Å². The van der Waals surface area contributed by atoms with Gasteiger partial charge in [0.25, 0.3) is 0 Å². The standard InChI is InChI=1S/C16H31N3O/c1-4-13(3)18-7-9-19(10-8-18)16(20)14-11-12(2)5-6-15(14)17/h12-15H,4-11,17H2,1-3H3. The first kappa shape index (κ1) is 15.8. The Morgan fingerprint density at radius 3 is 2.50 bits per heavy atom. The molecule has 1 amide bonds.